The largest absolute Gasteiger partial charge is 0.432 e. The maximum absolute atomic E-state index is 14.9. The summed E-state index contributed by atoms with van der Waals surface area (Å²) in [5.74, 6) is -11.4. The Morgan fingerprint density at radius 1 is 0.821 bits per heavy atom. The summed E-state index contributed by atoms with van der Waals surface area (Å²) in [6.45, 7) is 3.65. The molecule has 1 fully saturated rings. The van der Waals surface area contributed by atoms with Crippen LogP contribution in [0.15, 0.2) is 42.5 Å². The van der Waals surface area contributed by atoms with E-state index in [-0.39, 0.29) is 23.6 Å². The third-order valence-electron chi connectivity index (χ3n) is 5.78. The Balaban J connectivity index is 1.51. The fourth-order valence-electron chi connectivity index (χ4n) is 3.94. The van der Waals surface area contributed by atoms with Crippen molar-refractivity contribution in [2.24, 2.45) is 5.92 Å². The van der Waals surface area contributed by atoms with E-state index >= 15 is 0 Å². The van der Waals surface area contributed by atoms with Crippen LogP contribution in [0.1, 0.15) is 30.8 Å². The molecule has 0 bridgehead atoms. The minimum absolute atomic E-state index is 0.00426. The highest BCUT2D eigenvalue weighted by Gasteiger charge is 2.41. The smallest absolute Gasteiger partial charge is 0.429 e. The van der Waals surface area contributed by atoms with Crippen LogP contribution in [0.5, 0.6) is 5.75 Å². The lowest BCUT2D eigenvalue weighted by Crippen LogP contribution is -2.30. The summed E-state index contributed by atoms with van der Waals surface area (Å²) in [5.41, 5.74) is -2.32. The van der Waals surface area contributed by atoms with Gasteiger partial charge in [0.2, 0.25) is 0 Å². The molecular weight excluding hydrogens is 540 g/mol. The molecule has 0 aliphatic carbocycles. The van der Waals surface area contributed by atoms with Crippen molar-refractivity contribution in [1.29, 1.82) is 0 Å². The molecule has 1 aliphatic rings. The first-order valence-corrected chi connectivity index (χ1v) is 11.8. The van der Waals surface area contributed by atoms with Gasteiger partial charge in [-0.15, -0.1) is 0 Å². The summed E-state index contributed by atoms with van der Waals surface area (Å²) in [6, 6.07) is 4.70. The van der Waals surface area contributed by atoms with E-state index in [9.17, 15) is 35.1 Å². The van der Waals surface area contributed by atoms with Gasteiger partial charge in [0.15, 0.2) is 23.7 Å². The molecule has 0 unspecified atom stereocenters. The zero-order chi connectivity index (χ0) is 28.3. The Labute approximate surface area is 218 Å². The van der Waals surface area contributed by atoms with Crippen molar-refractivity contribution >= 4 is 0 Å². The molecule has 0 N–H and O–H groups in total. The highest BCUT2D eigenvalue weighted by molar-refractivity contribution is 5.65. The van der Waals surface area contributed by atoms with Crippen molar-refractivity contribution in [3.8, 4) is 16.9 Å². The van der Waals surface area contributed by atoms with Gasteiger partial charge in [-0.2, -0.15) is 8.78 Å². The van der Waals surface area contributed by atoms with E-state index < -0.39 is 64.2 Å². The molecule has 0 atom stereocenters. The van der Waals surface area contributed by atoms with Crippen molar-refractivity contribution in [3.05, 3.63) is 88.5 Å². The molecule has 12 heteroatoms. The van der Waals surface area contributed by atoms with E-state index in [0.717, 1.165) is 12.5 Å². The van der Waals surface area contributed by atoms with E-state index in [2.05, 4.69) is 4.74 Å². The van der Waals surface area contributed by atoms with E-state index in [1.165, 1.54) is 12.1 Å². The van der Waals surface area contributed by atoms with Gasteiger partial charge in [0.25, 0.3) is 0 Å². The number of halogens is 8. The molecule has 39 heavy (non-hydrogen) atoms. The standard InChI is InChI=1S/C27H22F8O4/c1-2-5-36-11-14-12-37-26(38-13-14)15-3-4-18(19(28)6-15)16-7-20(29)24(21(30)8-16)27(34,35)39-17-9-22(31)25(33)23(32)10-17/h3-4,6-10,14,26H,2,5,11-13H2,1H3. The molecule has 1 aliphatic heterocycles. The lowest BCUT2D eigenvalue weighted by atomic mass is 10.00. The first kappa shape index (κ1) is 28.8. The Morgan fingerprint density at radius 2 is 1.44 bits per heavy atom. The topological polar surface area (TPSA) is 36.9 Å². The third-order valence-corrected chi connectivity index (χ3v) is 5.78. The average molecular weight is 562 g/mol. The minimum Gasteiger partial charge on any atom is -0.429 e. The molecule has 0 saturated carbocycles. The monoisotopic (exact) mass is 562 g/mol. The molecule has 3 aromatic carbocycles. The van der Waals surface area contributed by atoms with E-state index in [0.29, 0.717) is 44.1 Å². The first-order chi connectivity index (χ1) is 18.5. The summed E-state index contributed by atoms with van der Waals surface area (Å²) >= 11 is 0. The zero-order valence-corrected chi connectivity index (χ0v) is 20.4. The number of alkyl halides is 2. The van der Waals surface area contributed by atoms with Gasteiger partial charge in [0.1, 0.15) is 28.8 Å². The third kappa shape index (κ3) is 6.51. The van der Waals surface area contributed by atoms with Gasteiger partial charge < -0.3 is 18.9 Å². The van der Waals surface area contributed by atoms with Gasteiger partial charge in [-0.25, -0.2) is 26.3 Å². The quantitative estimate of drug-likeness (QED) is 0.155. The SMILES string of the molecule is CCCOCC1COC(c2ccc(-c3cc(F)c(C(F)(F)Oc4cc(F)c(F)c(F)c4)c(F)c3)c(F)c2)OC1. The molecule has 4 nitrogen and oxygen atoms in total. The fourth-order valence-corrected chi connectivity index (χ4v) is 3.94. The highest BCUT2D eigenvalue weighted by atomic mass is 19.3. The van der Waals surface area contributed by atoms with Crippen LogP contribution in [0.2, 0.25) is 0 Å². The molecule has 1 saturated heterocycles. The van der Waals surface area contributed by atoms with Crippen molar-refractivity contribution in [1.82, 2.24) is 0 Å². The van der Waals surface area contributed by atoms with Gasteiger partial charge in [-0.1, -0.05) is 19.1 Å². The Hall–Kier alpha value is -3.22. The van der Waals surface area contributed by atoms with Crippen molar-refractivity contribution in [2.45, 2.75) is 25.7 Å². The molecule has 0 radical (unpaired) electrons. The van der Waals surface area contributed by atoms with Crippen LogP contribution in [0.3, 0.4) is 0 Å². The fraction of sp³-hybridized carbons (Fsp3) is 0.333. The minimum atomic E-state index is -4.76. The molecule has 0 spiro atoms. The molecule has 1 heterocycles. The van der Waals surface area contributed by atoms with Gasteiger partial charge >= 0.3 is 6.11 Å². The maximum atomic E-state index is 14.9. The highest BCUT2D eigenvalue weighted by Crippen LogP contribution is 2.38. The van der Waals surface area contributed by atoms with Crippen LogP contribution in [-0.4, -0.2) is 26.4 Å². The lowest BCUT2D eigenvalue weighted by molar-refractivity contribution is -0.212. The van der Waals surface area contributed by atoms with E-state index in [1.54, 1.807) is 0 Å². The molecule has 210 valence electrons. The van der Waals surface area contributed by atoms with E-state index in [1.807, 2.05) is 6.92 Å². The molecule has 0 amide bonds. The predicted octanol–water partition coefficient (Wildman–Crippen LogP) is 7.40. The van der Waals surface area contributed by atoms with Gasteiger partial charge in [-0.3, -0.25) is 0 Å². The second-order valence-corrected chi connectivity index (χ2v) is 8.81. The summed E-state index contributed by atoms with van der Waals surface area (Å²) in [6.07, 6.45) is -4.78. The molecule has 4 rings (SSSR count). The number of benzene rings is 3. The van der Waals surface area contributed by atoms with Crippen molar-refractivity contribution in [3.63, 3.8) is 0 Å². The van der Waals surface area contributed by atoms with Crippen LogP contribution >= 0.6 is 0 Å². The number of hydrogen-bond donors (Lipinski definition) is 0. The lowest BCUT2D eigenvalue weighted by Gasteiger charge is -2.29. The summed E-state index contributed by atoms with van der Waals surface area (Å²) in [7, 11) is 0. The summed E-state index contributed by atoms with van der Waals surface area (Å²) in [4.78, 5) is 0. The van der Waals surface area contributed by atoms with Crippen LogP contribution in [-0.2, 0) is 20.3 Å². The summed E-state index contributed by atoms with van der Waals surface area (Å²) in [5, 5.41) is 0. The Kier molecular flexibility index (Phi) is 8.77. The van der Waals surface area contributed by atoms with Crippen LogP contribution in [0, 0.1) is 40.8 Å². The van der Waals surface area contributed by atoms with Crippen molar-refractivity contribution in [2.75, 3.05) is 26.4 Å². The second kappa shape index (κ2) is 11.9. The molecule has 0 aromatic heterocycles. The average Bonchev–Trinajstić information content (AvgIpc) is 2.87. The van der Waals surface area contributed by atoms with Gasteiger partial charge in [0, 0.05) is 35.8 Å². The predicted molar refractivity (Wildman–Crippen MR) is 122 cm³/mol. The number of hydrogen-bond acceptors (Lipinski definition) is 4. The summed E-state index contributed by atoms with van der Waals surface area (Å²) < 4.78 is 134. The number of rotatable bonds is 9. The zero-order valence-electron chi connectivity index (χ0n) is 20.4. The Morgan fingerprint density at radius 3 is 2.00 bits per heavy atom. The molecule has 3 aromatic rings. The Bertz CT molecular complexity index is 1280. The van der Waals surface area contributed by atoms with Gasteiger partial charge in [0.05, 0.1) is 19.8 Å². The van der Waals surface area contributed by atoms with E-state index in [4.69, 9.17) is 14.2 Å². The number of ether oxygens (including phenoxy) is 4. The maximum Gasteiger partial charge on any atom is 0.432 e. The second-order valence-electron chi connectivity index (χ2n) is 8.81. The molecular formula is C27H22F8O4. The normalized spacial score (nSPS) is 17.9. The van der Waals surface area contributed by atoms with Crippen LogP contribution in [0.4, 0.5) is 35.1 Å². The van der Waals surface area contributed by atoms with Gasteiger partial charge in [-0.05, 0) is 30.2 Å². The van der Waals surface area contributed by atoms with Crippen LogP contribution in [0.25, 0.3) is 11.1 Å². The van der Waals surface area contributed by atoms with Crippen molar-refractivity contribution < 1.29 is 54.1 Å². The van der Waals surface area contributed by atoms with Crippen LogP contribution < -0.4 is 4.74 Å². The first-order valence-electron chi connectivity index (χ1n) is 11.8.